The van der Waals surface area contributed by atoms with Crippen molar-refractivity contribution >= 4 is 17.8 Å². The topological polar surface area (TPSA) is 130 Å². The lowest BCUT2D eigenvalue weighted by Gasteiger charge is -2.14. The first-order valence-electron chi connectivity index (χ1n) is 5.99. The van der Waals surface area contributed by atoms with Crippen LogP contribution in [0.5, 0.6) is 0 Å². The fraction of sp³-hybridized carbons (Fsp3) is 0.583. The van der Waals surface area contributed by atoms with E-state index in [4.69, 9.17) is 15.9 Å². The van der Waals surface area contributed by atoms with Crippen LogP contribution in [0.1, 0.15) is 25.7 Å². The zero-order valence-electron chi connectivity index (χ0n) is 10.5. The highest BCUT2D eigenvalue weighted by Crippen LogP contribution is 2.39. The summed E-state index contributed by atoms with van der Waals surface area (Å²) in [6.45, 7) is 3.73. The van der Waals surface area contributed by atoms with Crippen LogP contribution in [0.3, 0.4) is 0 Å². The summed E-state index contributed by atoms with van der Waals surface area (Å²) in [5, 5.41) is 19.9. The number of carbonyl (C=O) groups excluding carboxylic acids is 1. The second kappa shape index (κ2) is 6.33. The number of amides is 1. The molecule has 0 aliphatic heterocycles. The summed E-state index contributed by atoms with van der Waals surface area (Å²) in [6, 6.07) is -2.07. The van der Waals surface area contributed by atoms with Crippen molar-refractivity contribution in [1.29, 1.82) is 0 Å². The van der Waals surface area contributed by atoms with Crippen LogP contribution < -0.4 is 11.1 Å². The summed E-state index contributed by atoms with van der Waals surface area (Å²) >= 11 is 0. The number of rotatable bonds is 8. The molecule has 7 heteroatoms. The van der Waals surface area contributed by atoms with Crippen molar-refractivity contribution in [1.82, 2.24) is 5.32 Å². The smallest absolute Gasteiger partial charge is 0.326 e. The van der Waals surface area contributed by atoms with Crippen LogP contribution >= 0.6 is 0 Å². The number of carbonyl (C=O) groups is 3. The van der Waals surface area contributed by atoms with Gasteiger partial charge < -0.3 is 21.3 Å². The van der Waals surface area contributed by atoms with Gasteiger partial charge in [0.25, 0.3) is 0 Å². The van der Waals surface area contributed by atoms with Gasteiger partial charge in [-0.05, 0) is 25.2 Å². The molecule has 1 rings (SSSR count). The Bertz CT molecular complexity index is 407. The van der Waals surface area contributed by atoms with Gasteiger partial charge in [0.05, 0.1) is 0 Å². The molecule has 1 fully saturated rings. The molecule has 5 N–H and O–H groups in total. The zero-order chi connectivity index (χ0) is 14.6. The van der Waals surface area contributed by atoms with Gasteiger partial charge in [0.2, 0.25) is 5.91 Å². The Balaban J connectivity index is 2.36. The molecule has 0 aromatic rings. The van der Waals surface area contributed by atoms with Crippen LogP contribution in [0.2, 0.25) is 0 Å². The molecule has 0 heterocycles. The first kappa shape index (κ1) is 15.2. The third-order valence-electron chi connectivity index (χ3n) is 3.08. The van der Waals surface area contributed by atoms with E-state index in [1.54, 1.807) is 0 Å². The number of allylic oxidation sites excluding steroid dienone is 1. The van der Waals surface area contributed by atoms with Crippen LogP contribution in [0.25, 0.3) is 0 Å². The first-order chi connectivity index (χ1) is 8.81. The van der Waals surface area contributed by atoms with Crippen LogP contribution in [0.4, 0.5) is 0 Å². The Labute approximate surface area is 110 Å². The third-order valence-corrected chi connectivity index (χ3v) is 3.08. The molecule has 1 amide bonds. The van der Waals surface area contributed by atoms with E-state index in [2.05, 4.69) is 11.9 Å². The van der Waals surface area contributed by atoms with E-state index in [-0.39, 0.29) is 18.8 Å². The molecule has 1 saturated carbocycles. The number of nitrogens with two attached hydrogens (primary N) is 1. The van der Waals surface area contributed by atoms with Crippen molar-refractivity contribution in [2.24, 2.45) is 11.7 Å². The molecule has 0 bridgehead atoms. The van der Waals surface area contributed by atoms with Gasteiger partial charge in [0, 0.05) is 6.42 Å². The van der Waals surface area contributed by atoms with Gasteiger partial charge in [0.1, 0.15) is 12.1 Å². The second-order valence-electron chi connectivity index (χ2n) is 4.74. The van der Waals surface area contributed by atoms with Gasteiger partial charge in [-0.25, -0.2) is 4.79 Å². The Morgan fingerprint density at radius 3 is 2.37 bits per heavy atom. The molecular weight excluding hydrogens is 252 g/mol. The minimum absolute atomic E-state index is 0.0242. The number of carboxylic acids is 2. The van der Waals surface area contributed by atoms with E-state index in [0.29, 0.717) is 6.42 Å². The van der Waals surface area contributed by atoms with Gasteiger partial charge in [-0.1, -0.05) is 12.2 Å². The van der Waals surface area contributed by atoms with E-state index in [9.17, 15) is 14.4 Å². The molecule has 0 aromatic heterocycles. The van der Waals surface area contributed by atoms with E-state index < -0.39 is 29.9 Å². The number of nitrogens with one attached hydrogen (secondary N) is 1. The Morgan fingerprint density at radius 2 is 1.95 bits per heavy atom. The van der Waals surface area contributed by atoms with E-state index in [1.807, 2.05) is 0 Å². The van der Waals surface area contributed by atoms with Crippen LogP contribution in [0.15, 0.2) is 12.2 Å². The molecule has 3 atom stereocenters. The molecule has 0 spiro atoms. The highest BCUT2D eigenvalue weighted by molar-refractivity contribution is 5.84. The maximum atomic E-state index is 11.5. The van der Waals surface area contributed by atoms with Gasteiger partial charge >= 0.3 is 11.9 Å². The zero-order valence-corrected chi connectivity index (χ0v) is 10.5. The summed E-state index contributed by atoms with van der Waals surface area (Å²) < 4.78 is 0. The summed E-state index contributed by atoms with van der Waals surface area (Å²) in [4.78, 5) is 33.0. The molecule has 0 aromatic carbocycles. The van der Waals surface area contributed by atoms with Crippen molar-refractivity contribution in [2.75, 3.05) is 0 Å². The first-order valence-corrected chi connectivity index (χ1v) is 5.99. The molecule has 106 valence electrons. The third kappa shape index (κ3) is 5.09. The van der Waals surface area contributed by atoms with E-state index in [0.717, 1.165) is 12.0 Å². The van der Waals surface area contributed by atoms with Crippen LogP contribution in [-0.2, 0) is 14.4 Å². The predicted molar refractivity (Wildman–Crippen MR) is 66.3 cm³/mol. The second-order valence-corrected chi connectivity index (χ2v) is 4.74. The molecule has 2 unspecified atom stereocenters. The Kier molecular flexibility index (Phi) is 5.05. The van der Waals surface area contributed by atoms with Gasteiger partial charge in [-0.3, -0.25) is 9.59 Å². The predicted octanol–water partition coefficient (Wildman–Crippen LogP) is -0.286. The molecule has 7 nitrogen and oxygen atoms in total. The standard InChI is InChI=1S/C12H18N2O5/c1-6-4-7(6)5-9(12(18)19)14-10(15)3-2-8(13)11(16)17/h7-9H,1-5,13H2,(H,14,15)(H,16,17)(H,18,19)/t7?,8-,9?/m0/s1. The monoisotopic (exact) mass is 270 g/mol. The maximum Gasteiger partial charge on any atom is 0.326 e. The fourth-order valence-corrected chi connectivity index (χ4v) is 1.69. The Morgan fingerprint density at radius 1 is 1.37 bits per heavy atom. The Hall–Kier alpha value is -1.89. The summed E-state index contributed by atoms with van der Waals surface area (Å²) in [5.74, 6) is -2.63. The normalized spacial score (nSPS) is 20.5. The summed E-state index contributed by atoms with van der Waals surface area (Å²) in [5.41, 5.74) is 6.25. The molecule has 0 saturated heterocycles. The minimum Gasteiger partial charge on any atom is -0.480 e. The van der Waals surface area contributed by atoms with Crippen LogP contribution in [0, 0.1) is 5.92 Å². The number of carboxylic acid groups (broad SMARTS) is 2. The fourth-order valence-electron chi connectivity index (χ4n) is 1.69. The van der Waals surface area contributed by atoms with E-state index >= 15 is 0 Å². The quantitative estimate of drug-likeness (QED) is 0.449. The van der Waals surface area contributed by atoms with Crippen LogP contribution in [-0.4, -0.2) is 40.1 Å². The van der Waals surface area contributed by atoms with Crippen molar-refractivity contribution < 1.29 is 24.6 Å². The minimum atomic E-state index is -1.18. The molecular formula is C12H18N2O5. The average molecular weight is 270 g/mol. The lowest BCUT2D eigenvalue weighted by atomic mass is 10.1. The van der Waals surface area contributed by atoms with Crippen molar-refractivity contribution in [2.45, 2.75) is 37.8 Å². The van der Waals surface area contributed by atoms with Gasteiger partial charge in [0.15, 0.2) is 0 Å². The number of hydrogen-bond acceptors (Lipinski definition) is 4. The van der Waals surface area contributed by atoms with Crippen molar-refractivity contribution in [3.63, 3.8) is 0 Å². The highest BCUT2D eigenvalue weighted by atomic mass is 16.4. The maximum absolute atomic E-state index is 11.5. The van der Waals surface area contributed by atoms with Gasteiger partial charge in [-0.2, -0.15) is 0 Å². The van der Waals surface area contributed by atoms with Crippen molar-refractivity contribution in [3.05, 3.63) is 12.2 Å². The number of aliphatic carboxylic acids is 2. The molecule has 1 aliphatic carbocycles. The lowest BCUT2D eigenvalue weighted by molar-refractivity contribution is -0.142. The summed E-state index contributed by atoms with van der Waals surface area (Å²) in [7, 11) is 0. The molecule has 19 heavy (non-hydrogen) atoms. The lowest BCUT2D eigenvalue weighted by Crippen LogP contribution is -2.42. The van der Waals surface area contributed by atoms with Crippen molar-refractivity contribution in [3.8, 4) is 0 Å². The molecule has 1 aliphatic rings. The van der Waals surface area contributed by atoms with Gasteiger partial charge in [-0.15, -0.1) is 0 Å². The average Bonchev–Trinajstić information content (AvgIpc) is 3.00. The molecule has 0 radical (unpaired) electrons. The summed E-state index contributed by atoms with van der Waals surface area (Å²) in [6.07, 6.45) is 0.987. The SMILES string of the molecule is C=C1CC1CC(NC(=O)CC[C@H](N)C(=O)O)C(=O)O. The largest absolute Gasteiger partial charge is 0.480 e. The van der Waals surface area contributed by atoms with E-state index in [1.165, 1.54) is 0 Å². The number of hydrogen-bond donors (Lipinski definition) is 4. The highest BCUT2D eigenvalue weighted by Gasteiger charge is 2.33.